The standard InChI is InChI=1S/C19H13Cl2NO3S/c20-14-7-12-9-22(5-3-13(12)17(21)16(14)19(24)26)18(23)11-2-1-10-4-6-25-15(10)8-11/h1-2,4,6-8H,3,5,9H2,(H,24,26). The van der Waals surface area contributed by atoms with Crippen LogP contribution in [0.3, 0.4) is 0 Å². The van der Waals surface area contributed by atoms with E-state index >= 15 is 0 Å². The van der Waals surface area contributed by atoms with Gasteiger partial charge in [0.2, 0.25) is 5.12 Å². The van der Waals surface area contributed by atoms with E-state index < -0.39 is 5.12 Å². The van der Waals surface area contributed by atoms with E-state index in [0.29, 0.717) is 35.7 Å². The molecule has 0 atom stereocenters. The third-order valence-electron chi connectivity index (χ3n) is 4.61. The Bertz CT molecular complexity index is 1060. The van der Waals surface area contributed by atoms with Crippen molar-refractivity contribution >= 4 is 57.8 Å². The molecule has 1 amide bonds. The van der Waals surface area contributed by atoms with Crippen LogP contribution >= 0.6 is 35.8 Å². The van der Waals surface area contributed by atoms with Crippen LogP contribution in [0.15, 0.2) is 41.0 Å². The predicted octanol–water partition coefficient (Wildman–Crippen LogP) is 5.01. The van der Waals surface area contributed by atoms with Gasteiger partial charge in [0.1, 0.15) is 5.58 Å². The Kier molecular flexibility index (Phi) is 4.47. The van der Waals surface area contributed by atoms with Crippen molar-refractivity contribution in [3.8, 4) is 0 Å². The number of thiol groups is 1. The Balaban J connectivity index is 1.65. The summed E-state index contributed by atoms with van der Waals surface area (Å²) in [4.78, 5) is 26.2. The average Bonchev–Trinajstić information content (AvgIpc) is 3.07. The zero-order valence-corrected chi connectivity index (χ0v) is 15.9. The average molecular weight is 406 g/mol. The lowest BCUT2D eigenvalue weighted by molar-refractivity contribution is 0.0734. The molecule has 0 saturated carbocycles. The van der Waals surface area contributed by atoms with Gasteiger partial charge >= 0.3 is 0 Å². The van der Waals surface area contributed by atoms with Gasteiger partial charge in [0.25, 0.3) is 5.91 Å². The first kappa shape index (κ1) is 17.5. The number of amides is 1. The molecule has 2 heterocycles. The molecule has 0 N–H and O–H groups in total. The molecule has 1 aromatic heterocycles. The van der Waals surface area contributed by atoms with E-state index in [-0.39, 0.29) is 16.5 Å². The molecule has 0 radical (unpaired) electrons. The Hall–Kier alpha value is -1.95. The first-order valence-electron chi connectivity index (χ1n) is 7.95. The van der Waals surface area contributed by atoms with Gasteiger partial charge in [-0.3, -0.25) is 9.59 Å². The number of carbonyl (C=O) groups excluding carboxylic acids is 2. The van der Waals surface area contributed by atoms with Crippen molar-refractivity contribution in [1.29, 1.82) is 0 Å². The smallest absolute Gasteiger partial charge is 0.254 e. The molecule has 4 nitrogen and oxygen atoms in total. The van der Waals surface area contributed by atoms with E-state index in [9.17, 15) is 9.59 Å². The second-order valence-electron chi connectivity index (χ2n) is 6.14. The highest BCUT2D eigenvalue weighted by Crippen LogP contribution is 2.35. The molecule has 26 heavy (non-hydrogen) atoms. The van der Waals surface area contributed by atoms with Gasteiger partial charge in [-0.1, -0.05) is 29.3 Å². The number of hydrogen-bond donors (Lipinski definition) is 1. The van der Waals surface area contributed by atoms with Crippen LogP contribution in [-0.4, -0.2) is 22.5 Å². The van der Waals surface area contributed by atoms with Gasteiger partial charge in [0.05, 0.1) is 21.9 Å². The first-order valence-corrected chi connectivity index (χ1v) is 9.15. The van der Waals surface area contributed by atoms with E-state index in [1.165, 1.54) is 0 Å². The van der Waals surface area contributed by atoms with Gasteiger partial charge in [-0.15, -0.1) is 12.6 Å². The summed E-state index contributed by atoms with van der Waals surface area (Å²) in [5.41, 5.74) is 3.15. The number of nitrogens with zero attached hydrogens (tertiary/aromatic N) is 1. The molecule has 0 aliphatic carbocycles. The van der Waals surface area contributed by atoms with Gasteiger partial charge < -0.3 is 9.32 Å². The molecule has 0 unspecified atom stereocenters. The topological polar surface area (TPSA) is 50.5 Å². The van der Waals surface area contributed by atoms with Gasteiger partial charge in [0, 0.05) is 24.0 Å². The van der Waals surface area contributed by atoms with Crippen LogP contribution in [0, 0.1) is 0 Å². The second kappa shape index (κ2) is 6.65. The minimum atomic E-state index is -0.465. The van der Waals surface area contributed by atoms with E-state index in [2.05, 4.69) is 12.6 Å². The molecule has 3 aromatic rings. The van der Waals surface area contributed by atoms with E-state index in [1.807, 2.05) is 12.1 Å². The van der Waals surface area contributed by atoms with Gasteiger partial charge in [0.15, 0.2) is 0 Å². The maximum Gasteiger partial charge on any atom is 0.254 e. The summed E-state index contributed by atoms with van der Waals surface area (Å²) >= 11 is 16.4. The molecule has 0 spiro atoms. The molecule has 4 rings (SSSR count). The summed E-state index contributed by atoms with van der Waals surface area (Å²) in [6.45, 7) is 0.883. The number of fused-ring (bicyclic) bond motifs is 2. The molecule has 2 aromatic carbocycles. The van der Waals surface area contributed by atoms with Crippen molar-refractivity contribution < 1.29 is 14.0 Å². The summed E-state index contributed by atoms with van der Waals surface area (Å²) < 4.78 is 5.37. The Morgan fingerprint density at radius 1 is 1.15 bits per heavy atom. The summed E-state index contributed by atoms with van der Waals surface area (Å²) in [6.07, 6.45) is 2.15. The minimum Gasteiger partial charge on any atom is -0.464 e. The lowest BCUT2D eigenvalue weighted by Crippen LogP contribution is -2.36. The van der Waals surface area contributed by atoms with Gasteiger partial charge in [-0.05, 0) is 41.8 Å². The maximum atomic E-state index is 12.9. The Labute approximate surface area is 165 Å². The zero-order valence-electron chi connectivity index (χ0n) is 13.5. The van der Waals surface area contributed by atoms with E-state index in [1.54, 1.807) is 29.4 Å². The van der Waals surface area contributed by atoms with Crippen molar-refractivity contribution in [1.82, 2.24) is 4.90 Å². The van der Waals surface area contributed by atoms with Crippen LogP contribution in [0.25, 0.3) is 11.0 Å². The Morgan fingerprint density at radius 3 is 2.73 bits per heavy atom. The summed E-state index contributed by atoms with van der Waals surface area (Å²) in [7, 11) is 0. The Morgan fingerprint density at radius 2 is 1.96 bits per heavy atom. The van der Waals surface area contributed by atoms with E-state index in [4.69, 9.17) is 27.6 Å². The summed E-state index contributed by atoms with van der Waals surface area (Å²) in [5, 5.41) is 1.07. The molecule has 132 valence electrons. The molecule has 0 saturated heterocycles. The third kappa shape index (κ3) is 2.90. The number of benzene rings is 2. The van der Waals surface area contributed by atoms with Crippen molar-refractivity contribution in [3.05, 3.63) is 68.9 Å². The normalized spacial score (nSPS) is 13.7. The fourth-order valence-electron chi connectivity index (χ4n) is 3.29. The highest BCUT2D eigenvalue weighted by molar-refractivity contribution is 7.97. The lowest BCUT2D eigenvalue weighted by atomic mass is 9.96. The van der Waals surface area contributed by atoms with Gasteiger partial charge in [-0.25, -0.2) is 0 Å². The fraction of sp³-hybridized carbons (Fsp3) is 0.158. The van der Waals surface area contributed by atoms with Crippen molar-refractivity contribution in [2.24, 2.45) is 0 Å². The number of rotatable bonds is 2. The van der Waals surface area contributed by atoms with Crippen molar-refractivity contribution in [3.63, 3.8) is 0 Å². The third-order valence-corrected chi connectivity index (χ3v) is 5.55. The van der Waals surface area contributed by atoms with Crippen LogP contribution in [0.2, 0.25) is 10.0 Å². The molecule has 7 heteroatoms. The number of furan rings is 1. The SMILES string of the molecule is O=C(S)c1c(Cl)cc2c(c1Cl)CCN(C(=O)c1ccc3ccoc3c1)C2. The fourth-order valence-corrected chi connectivity index (χ4v) is 4.42. The first-order chi connectivity index (χ1) is 12.5. The monoisotopic (exact) mass is 405 g/mol. The number of halogens is 2. The molecular weight excluding hydrogens is 393 g/mol. The number of carbonyl (C=O) groups is 2. The molecule has 0 fully saturated rings. The minimum absolute atomic E-state index is 0.0875. The quantitative estimate of drug-likeness (QED) is 0.609. The van der Waals surface area contributed by atoms with Crippen LogP contribution in [0.1, 0.15) is 31.8 Å². The highest BCUT2D eigenvalue weighted by Gasteiger charge is 2.27. The molecule has 1 aliphatic heterocycles. The maximum absolute atomic E-state index is 12.9. The molecule has 1 aliphatic rings. The zero-order chi connectivity index (χ0) is 18.4. The predicted molar refractivity (Wildman–Crippen MR) is 104 cm³/mol. The van der Waals surface area contributed by atoms with Gasteiger partial charge in [-0.2, -0.15) is 0 Å². The highest BCUT2D eigenvalue weighted by atomic mass is 35.5. The lowest BCUT2D eigenvalue weighted by Gasteiger charge is -2.30. The van der Waals surface area contributed by atoms with Crippen LogP contribution < -0.4 is 0 Å². The summed E-state index contributed by atoms with van der Waals surface area (Å²) in [6, 6.07) is 8.95. The molecule has 0 bridgehead atoms. The van der Waals surface area contributed by atoms with Crippen LogP contribution in [0.5, 0.6) is 0 Å². The van der Waals surface area contributed by atoms with Crippen LogP contribution in [-0.2, 0) is 13.0 Å². The van der Waals surface area contributed by atoms with Crippen molar-refractivity contribution in [2.75, 3.05) is 6.54 Å². The number of hydrogen-bond acceptors (Lipinski definition) is 3. The van der Waals surface area contributed by atoms with Crippen molar-refractivity contribution in [2.45, 2.75) is 13.0 Å². The summed E-state index contributed by atoms with van der Waals surface area (Å²) in [5.74, 6) is -0.0875. The van der Waals surface area contributed by atoms with Crippen LogP contribution in [0.4, 0.5) is 0 Å². The second-order valence-corrected chi connectivity index (χ2v) is 7.33. The molecular formula is C19H13Cl2NO3S. The largest absolute Gasteiger partial charge is 0.464 e. The van der Waals surface area contributed by atoms with E-state index in [0.717, 1.165) is 16.5 Å².